The summed E-state index contributed by atoms with van der Waals surface area (Å²) in [5.41, 5.74) is 0. The summed E-state index contributed by atoms with van der Waals surface area (Å²) in [7, 11) is 2.08. The molecule has 3 heterocycles. The number of carboxylic acid groups (broad SMARTS) is 1. The molecular weight excluding hydrogens is 407 g/mol. The third-order valence-electron chi connectivity index (χ3n) is 4.64. The van der Waals surface area contributed by atoms with E-state index in [1.54, 1.807) is 12.1 Å². The summed E-state index contributed by atoms with van der Waals surface area (Å²) in [5.74, 6) is -0.514. The van der Waals surface area contributed by atoms with Crippen molar-refractivity contribution < 1.29 is 32.3 Å². The molecule has 1 amide bonds. The summed E-state index contributed by atoms with van der Waals surface area (Å²) in [6, 6.07) is 3.89. The molecule has 0 unspecified atom stereocenters. The third-order valence-corrected chi connectivity index (χ3v) is 4.64. The van der Waals surface area contributed by atoms with Crippen LogP contribution in [-0.4, -0.2) is 73.9 Å². The van der Waals surface area contributed by atoms with Crippen LogP contribution in [0.5, 0.6) is 0 Å². The van der Waals surface area contributed by atoms with Gasteiger partial charge in [-0.25, -0.2) is 4.79 Å². The number of rotatable bonds is 4. The molecule has 0 aromatic carbocycles. The Morgan fingerprint density at radius 3 is 2.47 bits per heavy atom. The van der Waals surface area contributed by atoms with Crippen molar-refractivity contribution in [3.63, 3.8) is 0 Å². The van der Waals surface area contributed by atoms with Crippen molar-refractivity contribution in [3.05, 3.63) is 35.8 Å². The largest absolute Gasteiger partial charge is 0.490 e. The number of carbonyl (C=O) groups is 2. The van der Waals surface area contributed by atoms with Gasteiger partial charge in [0, 0.05) is 32.1 Å². The van der Waals surface area contributed by atoms with Crippen LogP contribution in [0.25, 0.3) is 0 Å². The molecule has 1 aliphatic rings. The molecule has 0 saturated carbocycles. The van der Waals surface area contributed by atoms with Crippen LogP contribution in [0, 0.1) is 0 Å². The smallest absolute Gasteiger partial charge is 0.475 e. The minimum Gasteiger partial charge on any atom is -0.475 e. The van der Waals surface area contributed by atoms with E-state index >= 15 is 0 Å². The number of carboxylic acids is 1. The van der Waals surface area contributed by atoms with Gasteiger partial charge in [-0.15, -0.1) is 10.2 Å². The Labute approximate surface area is 171 Å². The average molecular weight is 431 g/mol. The second kappa shape index (κ2) is 9.74. The number of furan rings is 1. The van der Waals surface area contributed by atoms with E-state index in [0.29, 0.717) is 31.3 Å². The van der Waals surface area contributed by atoms with Gasteiger partial charge < -0.3 is 19.0 Å². The zero-order valence-corrected chi connectivity index (χ0v) is 16.9. The maximum Gasteiger partial charge on any atom is 0.490 e. The highest BCUT2D eigenvalue weighted by molar-refractivity contribution is 5.91. The van der Waals surface area contributed by atoms with Crippen LogP contribution in [0.3, 0.4) is 0 Å². The second-order valence-electron chi connectivity index (χ2n) is 7.02. The Morgan fingerprint density at radius 1 is 1.27 bits per heavy atom. The summed E-state index contributed by atoms with van der Waals surface area (Å²) in [6.07, 6.45) is -2.84. The lowest BCUT2D eigenvalue weighted by Gasteiger charge is -2.21. The van der Waals surface area contributed by atoms with Gasteiger partial charge in [0.25, 0.3) is 5.91 Å². The van der Waals surface area contributed by atoms with Crippen LogP contribution < -0.4 is 0 Å². The fourth-order valence-corrected chi connectivity index (χ4v) is 2.66. The lowest BCUT2D eigenvalue weighted by atomic mass is 10.3. The Hall–Kier alpha value is -2.89. The number of halogens is 3. The van der Waals surface area contributed by atoms with Gasteiger partial charge in [0.05, 0.1) is 12.8 Å². The van der Waals surface area contributed by atoms with Crippen LogP contribution in [0.15, 0.2) is 22.8 Å². The van der Waals surface area contributed by atoms with Crippen molar-refractivity contribution >= 4 is 11.9 Å². The van der Waals surface area contributed by atoms with Gasteiger partial charge in [0.15, 0.2) is 5.76 Å². The van der Waals surface area contributed by atoms with Crippen LogP contribution >= 0.6 is 0 Å². The number of fused-ring (bicyclic) bond motifs is 1. The van der Waals surface area contributed by atoms with Crippen molar-refractivity contribution in [1.29, 1.82) is 0 Å². The molecule has 30 heavy (non-hydrogen) atoms. The number of hydrogen-bond donors (Lipinski definition) is 1. The molecule has 0 radical (unpaired) electrons. The zero-order valence-electron chi connectivity index (χ0n) is 16.9. The Bertz CT molecular complexity index is 849. The number of nitrogens with zero attached hydrogens (tertiary/aromatic N) is 5. The number of hydrogen-bond acceptors (Lipinski definition) is 6. The zero-order chi connectivity index (χ0) is 22.5. The van der Waals surface area contributed by atoms with Gasteiger partial charge >= 0.3 is 12.1 Å². The summed E-state index contributed by atoms with van der Waals surface area (Å²) in [6.45, 7) is 7.07. The van der Waals surface area contributed by atoms with E-state index < -0.39 is 12.1 Å². The van der Waals surface area contributed by atoms with Gasteiger partial charge in [-0.2, -0.15) is 13.2 Å². The molecule has 2 aromatic heterocycles. The number of aromatic nitrogens is 3. The maximum absolute atomic E-state index is 12.4. The fraction of sp³-hybridized carbons (Fsp3) is 0.556. The molecule has 3 rings (SSSR count). The number of aliphatic carboxylic acids is 1. The normalized spacial score (nSPS) is 14.2. The van der Waals surface area contributed by atoms with E-state index in [9.17, 15) is 18.0 Å². The average Bonchev–Trinajstić information content (AvgIpc) is 3.27. The van der Waals surface area contributed by atoms with E-state index in [1.165, 1.54) is 6.26 Å². The number of amides is 1. The van der Waals surface area contributed by atoms with Crippen molar-refractivity contribution in [2.75, 3.05) is 20.1 Å². The van der Waals surface area contributed by atoms with Crippen molar-refractivity contribution in [1.82, 2.24) is 24.6 Å². The topological polar surface area (TPSA) is 105 Å². The SMILES string of the molecule is CC(C)N(C)Cc1nnc2n1CCN(C(=O)c1ccco1)CC2.O=C(O)C(F)(F)F. The molecule has 0 bridgehead atoms. The highest BCUT2D eigenvalue weighted by Gasteiger charge is 2.38. The van der Waals surface area contributed by atoms with E-state index in [0.717, 1.165) is 24.7 Å². The first-order valence-electron chi connectivity index (χ1n) is 9.24. The van der Waals surface area contributed by atoms with Crippen LogP contribution in [0.4, 0.5) is 13.2 Å². The monoisotopic (exact) mass is 431 g/mol. The van der Waals surface area contributed by atoms with E-state index in [2.05, 4.69) is 40.6 Å². The third kappa shape index (κ3) is 6.05. The number of carbonyl (C=O) groups excluding carboxylic acids is 1. The second-order valence-corrected chi connectivity index (χ2v) is 7.02. The lowest BCUT2D eigenvalue weighted by Crippen LogP contribution is -2.33. The van der Waals surface area contributed by atoms with Crippen molar-refractivity contribution in [2.45, 2.75) is 45.6 Å². The summed E-state index contributed by atoms with van der Waals surface area (Å²) >= 11 is 0. The molecule has 0 fully saturated rings. The molecule has 9 nitrogen and oxygen atoms in total. The highest BCUT2D eigenvalue weighted by Crippen LogP contribution is 2.15. The van der Waals surface area contributed by atoms with Crippen molar-refractivity contribution in [3.8, 4) is 0 Å². The molecule has 1 N–H and O–H groups in total. The van der Waals surface area contributed by atoms with Gasteiger partial charge in [0.2, 0.25) is 0 Å². The number of alkyl halides is 3. The van der Waals surface area contributed by atoms with E-state index in [4.69, 9.17) is 14.3 Å². The minimum atomic E-state index is -5.08. The molecule has 166 valence electrons. The molecular formula is C18H24F3N5O4. The first-order valence-corrected chi connectivity index (χ1v) is 9.24. The van der Waals surface area contributed by atoms with Crippen LogP contribution in [0.1, 0.15) is 36.1 Å². The first kappa shape index (κ1) is 23.4. The first-order chi connectivity index (χ1) is 14.0. The molecule has 12 heteroatoms. The summed E-state index contributed by atoms with van der Waals surface area (Å²) in [5, 5.41) is 15.8. The molecule has 2 aromatic rings. The standard InChI is InChI=1S/C16H23N5O2.C2HF3O2/c1-12(2)19(3)11-15-18-17-14-6-7-20(8-9-21(14)15)16(22)13-5-4-10-23-13;3-2(4,5)1(6)7/h4-5,10,12H,6-9,11H2,1-3H3;(H,6,7). The van der Waals surface area contributed by atoms with E-state index in [1.807, 2.05) is 4.90 Å². The Morgan fingerprint density at radius 2 is 1.93 bits per heavy atom. The van der Waals surface area contributed by atoms with E-state index in [-0.39, 0.29) is 5.91 Å². The Balaban J connectivity index is 0.000000396. The molecule has 0 atom stereocenters. The van der Waals surface area contributed by atoms with Crippen LogP contribution in [-0.2, 0) is 24.3 Å². The molecule has 0 saturated heterocycles. The maximum atomic E-state index is 12.4. The quantitative estimate of drug-likeness (QED) is 0.790. The van der Waals surface area contributed by atoms with Gasteiger partial charge in [-0.1, -0.05) is 0 Å². The molecule has 0 spiro atoms. The highest BCUT2D eigenvalue weighted by atomic mass is 19.4. The minimum absolute atomic E-state index is 0.0606. The fourth-order valence-electron chi connectivity index (χ4n) is 2.66. The molecule has 1 aliphatic heterocycles. The summed E-state index contributed by atoms with van der Waals surface area (Å²) < 4.78 is 39.1. The van der Waals surface area contributed by atoms with Gasteiger partial charge in [-0.3, -0.25) is 9.69 Å². The van der Waals surface area contributed by atoms with Crippen molar-refractivity contribution in [2.24, 2.45) is 0 Å². The lowest BCUT2D eigenvalue weighted by molar-refractivity contribution is -0.192. The Kier molecular flexibility index (Phi) is 7.59. The van der Waals surface area contributed by atoms with Gasteiger partial charge in [0.1, 0.15) is 11.6 Å². The predicted molar refractivity (Wildman–Crippen MR) is 98.6 cm³/mol. The van der Waals surface area contributed by atoms with Crippen LogP contribution in [0.2, 0.25) is 0 Å². The molecule has 0 aliphatic carbocycles. The predicted octanol–water partition coefficient (Wildman–Crippen LogP) is 2.04. The summed E-state index contributed by atoms with van der Waals surface area (Å²) in [4.78, 5) is 25.4. The van der Waals surface area contributed by atoms with Gasteiger partial charge in [-0.05, 0) is 33.0 Å².